The molecule has 0 aliphatic carbocycles. The minimum absolute atomic E-state index is 0.302. The van der Waals surface area contributed by atoms with Crippen LogP contribution in [0.2, 0.25) is 0 Å². The van der Waals surface area contributed by atoms with Crippen LogP contribution in [-0.4, -0.2) is 47.7 Å². The number of allylic oxidation sites excluding steroid dienone is 4. The van der Waals surface area contributed by atoms with E-state index in [0.29, 0.717) is 22.7 Å². The predicted molar refractivity (Wildman–Crippen MR) is 132 cm³/mol. The van der Waals surface area contributed by atoms with Gasteiger partial charge in [0.2, 0.25) is 0 Å². The summed E-state index contributed by atoms with van der Waals surface area (Å²) in [5.74, 6) is 0.728. The first-order chi connectivity index (χ1) is 15.9. The summed E-state index contributed by atoms with van der Waals surface area (Å²) in [6, 6.07) is 10.9. The Labute approximate surface area is 194 Å². The number of carbonyl (C=O) groups excluding carboxylic acids is 2. The highest BCUT2D eigenvalue weighted by atomic mass is 16.2. The third kappa shape index (κ3) is 6.26. The Morgan fingerprint density at radius 3 is 2.45 bits per heavy atom. The minimum Gasteiger partial charge on any atom is -0.358 e. The highest BCUT2D eigenvalue weighted by Crippen LogP contribution is 2.13. The normalized spacial score (nSPS) is 14.4. The lowest BCUT2D eigenvalue weighted by molar-refractivity contribution is -0.112. The predicted octanol–water partition coefficient (Wildman–Crippen LogP) is 3.86. The molecule has 2 aromatic rings. The summed E-state index contributed by atoms with van der Waals surface area (Å²) >= 11 is 0. The molecule has 7 nitrogen and oxygen atoms in total. The SMILES string of the molecule is C\C=C/C=C\C(NC(=O)c1ccc(C2=NCCN2C)cc1)=C(/C)C(=O)Nc1ccc(C)cn1. The van der Waals surface area contributed by atoms with Gasteiger partial charge in [-0.05, 0) is 50.6 Å². The Morgan fingerprint density at radius 1 is 1.09 bits per heavy atom. The molecule has 0 spiro atoms. The van der Waals surface area contributed by atoms with Crippen molar-refractivity contribution in [2.24, 2.45) is 4.99 Å². The number of rotatable bonds is 7. The van der Waals surface area contributed by atoms with E-state index in [2.05, 4.69) is 25.5 Å². The van der Waals surface area contributed by atoms with Crippen molar-refractivity contribution in [3.63, 3.8) is 0 Å². The Morgan fingerprint density at radius 2 is 1.85 bits per heavy atom. The maximum atomic E-state index is 12.9. The standard InChI is InChI=1S/C26H29N5O2/c1-5-6-7-8-22(19(3)25(32)30-23-14-9-18(2)17-28-23)29-26(33)21-12-10-20(11-13-21)24-27-15-16-31(24)4/h5-14,17H,15-16H2,1-4H3,(H,29,33)(H,28,30,32)/b6-5-,8-7-,22-19-. The van der Waals surface area contributed by atoms with Crippen LogP contribution >= 0.6 is 0 Å². The van der Waals surface area contributed by atoms with Gasteiger partial charge < -0.3 is 15.5 Å². The number of hydrogen-bond donors (Lipinski definition) is 2. The van der Waals surface area contributed by atoms with Gasteiger partial charge in [-0.15, -0.1) is 0 Å². The molecule has 0 fully saturated rings. The maximum Gasteiger partial charge on any atom is 0.255 e. The van der Waals surface area contributed by atoms with Gasteiger partial charge in [0.25, 0.3) is 11.8 Å². The fourth-order valence-electron chi connectivity index (χ4n) is 3.21. The highest BCUT2D eigenvalue weighted by molar-refractivity contribution is 6.05. The molecule has 0 saturated heterocycles. The fourth-order valence-corrected chi connectivity index (χ4v) is 3.21. The molecule has 33 heavy (non-hydrogen) atoms. The third-order valence-corrected chi connectivity index (χ3v) is 5.18. The number of aromatic nitrogens is 1. The van der Waals surface area contributed by atoms with Crippen LogP contribution in [0.3, 0.4) is 0 Å². The van der Waals surface area contributed by atoms with Gasteiger partial charge in [0.05, 0.1) is 6.54 Å². The zero-order chi connectivity index (χ0) is 23.8. The Balaban J connectivity index is 1.79. The van der Waals surface area contributed by atoms with E-state index in [4.69, 9.17) is 0 Å². The van der Waals surface area contributed by atoms with Crippen molar-refractivity contribution in [3.05, 3.63) is 94.9 Å². The number of pyridine rings is 1. The summed E-state index contributed by atoms with van der Waals surface area (Å²) in [6.45, 7) is 7.15. The number of hydrogen-bond acceptors (Lipinski definition) is 5. The van der Waals surface area contributed by atoms with Gasteiger partial charge in [0, 0.05) is 42.2 Å². The molecule has 0 unspecified atom stereocenters. The average Bonchev–Trinajstić information content (AvgIpc) is 3.25. The number of amides is 2. The maximum absolute atomic E-state index is 12.9. The van der Waals surface area contributed by atoms with Crippen molar-refractivity contribution in [2.45, 2.75) is 20.8 Å². The molecule has 0 saturated carbocycles. The van der Waals surface area contributed by atoms with Gasteiger partial charge >= 0.3 is 0 Å². The van der Waals surface area contributed by atoms with Gasteiger partial charge in [-0.1, -0.05) is 36.4 Å². The van der Waals surface area contributed by atoms with E-state index in [1.165, 1.54) is 0 Å². The van der Waals surface area contributed by atoms with Gasteiger partial charge in [-0.2, -0.15) is 0 Å². The number of nitrogens with zero attached hydrogens (tertiary/aromatic N) is 3. The summed E-state index contributed by atoms with van der Waals surface area (Å²) in [4.78, 5) is 36.5. The van der Waals surface area contributed by atoms with E-state index in [9.17, 15) is 9.59 Å². The van der Waals surface area contributed by atoms with E-state index in [0.717, 1.165) is 30.1 Å². The summed E-state index contributed by atoms with van der Waals surface area (Å²) < 4.78 is 0. The minimum atomic E-state index is -0.343. The summed E-state index contributed by atoms with van der Waals surface area (Å²) in [6.07, 6.45) is 8.84. The van der Waals surface area contributed by atoms with Gasteiger partial charge in [0.1, 0.15) is 11.7 Å². The summed E-state index contributed by atoms with van der Waals surface area (Å²) in [5, 5.41) is 5.63. The molecule has 1 aliphatic heterocycles. The molecule has 2 heterocycles. The number of anilines is 1. The third-order valence-electron chi connectivity index (χ3n) is 5.18. The smallest absolute Gasteiger partial charge is 0.255 e. The van der Waals surface area contributed by atoms with Gasteiger partial charge in [0.15, 0.2) is 0 Å². The van der Waals surface area contributed by atoms with Crippen molar-refractivity contribution >= 4 is 23.5 Å². The first-order valence-corrected chi connectivity index (χ1v) is 10.8. The van der Waals surface area contributed by atoms with Crippen molar-refractivity contribution in [1.29, 1.82) is 0 Å². The van der Waals surface area contributed by atoms with E-state index in [1.54, 1.807) is 43.5 Å². The van der Waals surface area contributed by atoms with Crippen molar-refractivity contribution in [2.75, 3.05) is 25.5 Å². The Bertz CT molecular complexity index is 1130. The van der Waals surface area contributed by atoms with Crippen LogP contribution in [0, 0.1) is 6.92 Å². The zero-order valence-electron chi connectivity index (χ0n) is 19.4. The zero-order valence-corrected chi connectivity index (χ0v) is 19.4. The number of aliphatic imine (C=N–C) groups is 1. The number of nitrogens with one attached hydrogen (secondary N) is 2. The quantitative estimate of drug-likeness (QED) is 0.503. The van der Waals surface area contributed by atoms with E-state index < -0.39 is 0 Å². The Hall–Kier alpha value is -4.00. The molecule has 1 aromatic carbocycles. The lowest BCUT2D eigenvalue weighted by Gasteiger charge is -2.14. The summed E-state index contributed by atoms with van der Waals surface area (Å²) in [7, 11) is 2.00. The molecule has 170 valence electrons. The number of carbonyl (C=O) groups is 2. The van der Waals surface area contributed by atoms with Crippen LogP contribution in [0.4, 0.5) is 5.82 Å². The first kappa shape index (κ1) is 23.7. The van der Waals surface area contributed by atoms with Gasteiger partial charge in [-0.25, -0.2) is 4.98 Å². The van der Waals surface area contributed by atoms with Crippen LogP contribution in [0.5, 0.6) is 0 Å². The van der Waals surface area contributed by atoms with Gasteiger partial charge in [-0.3, -0.25) is 14.6 Å². The van der Waals surface area contributed by atoms with Crippen molar-refractivity contribution < 1.29 is 9.59 Å². The van der Waals surface area contributed by atoms with E-state index in [1.807, 2.05) is 51.2 Å². The van der Waals surface area contributed by atoms with Crippen LogP contribution < -0.4 is 10.6 Å². The second-order valence-electron chi connectivity index (χ2n) is 7.76. The molecule has 2 amide bonds. The number of benzene rings is 1. The monoisotopic (exact) mass is 443 g/mol. The average molecular weight is 444 g/mol. The molecule has 0 bridgehead atoms. The molecule has 2 N–H and O–H groups in total. The van der Waals surface area contributed by atoms with Crippen molar-refractivity contribution in [1.82, 2.24) is 15.2 Å². The van der Waals surface area contributed by atoms with Crippen LogP contribution in [-0.2, 0) is 4.79 Å². The molecule has 0 atom stereocenters. The van der Waals surface area contributed by atoms with Crippen LogP contribution in [0.1, 0.15) is 35.3 Å². The first-order valence-electron chi connectivity index (χ1n) is 10.8. The molecule has 3 rings (SSSR count). The van der Waals surface area contributed by atoms with Crippen LogP contribution in [0.25, 0.3) is 0 Å². The molecule has 1 aliphatic rings. The van der Waals surface area contributed by atoms with E-state index >= 15 is 0 Å². The number of amidine groups is 1. The molecular formula is C26H29N5O2. The highest BCUT2D eigenvalue weighted by Gasteiger charge is 2.16. The molecule has 1 aromatic heterocycles. The Kier molecular flexibility index (Phi) is 7.91. The lowest BCUT2D eigenvalue weighted by Crippen LogP contribution is -2.26. The second-order valence-corrected chi connectivity index (χ2v) is 7.76. The molecular weight excluding hydrogens is 414 g/mol. The largest absolute Gasteiger partial charge is 0.358 e. The second kappa shape index (κ2) is 11.0. The number of aryl methyl sites for hydroxylation is 1. The van der Waals surface area contributed by atoms with Crippen molar-refractivity contribution in [3.8, 4) is 0 Å². The van der Waals surface area contributed by atoms with Crippen LogP contribution in [0.15, 0.2) is 83.2 Å². The number of likely N-dealkylation sites (N-methyl/N-ethyl adjacent to an activating group) is 1. The lowest BCUT2D eigenvalue weighted by atomic mass is 10.1. The summed E-state index contributed by atoms with van der Waals surface area (Å²) in [5.41, 5.74) is 3.23. The molecule has 0 radical (unpaired) electrons. The molecule has 7 heteroatoms. The fraction of sp³-hybridized carbons (Fsp3) is 0.231. The topological polar surface area (TPSA) is 86.7 Å². The van der Waals surface area contributed by atoms with E-state index in [-0.39, 0.29) is 11.8 Å².